The molecule has 0 saturated carbocycles. The van der Waals surface area contributed by atoms with E-state index in [9.17, 15) is 0 Å². The Hall–Kier alpha value is -1.77. The summed E-state index contributed by atoms with van der Waals surface area (Å²) in [7, 11) is 0. The highest BCUT2D eigenvalue weighted by Gasteiger charge is 2.14. The van der Waals surface area contributed by atoms with Gasteiger partial charge in [-0.05, 0) is 30.0 Å². The second-order valence-electron chi connectivity index (χ2n) is 6.29. The Kier molecular flexibility index (Phi) is 4.48. The summed E-state index contributed by atoms with van der Waals surface area (Å²) in [6.07, 6.45) is 3.70. The normalized spacial score (nSPS) is 11.5. The molecule has 0 amide bonds. The molecule has 0 atom stereocenters. The molecule has 2 aromatic rings. The number of pyridine rings is 1. The van der Waals surface area contributed by atoms with Gasteiger partial charge in [-0.15, -0.1) is 0 Å². The summed E-state index contributed by atoms with van der Waals surface area (Å²) >= 11 is 0. The van der Waals surface area contributed by atoms with Crippen molar-refractivity contribution in [2.45, 2.75) is 27.7 Å². The molecule has 0 aliphatic rings. The van der Waals surface area contributed by atoms with E-state index in [1.54, 1.807) is 0 Å². The van der Waals surface area contributed by atoms with Crippen molar-refractivity contribution in [2.24, 2.45) is 11.8 Å². The van der Waals surface area contributed by atoms with Crippen LogP contribution in [0.4, 0.5) is 11.4 Å². The highest BCUT2D eigenvalue weighted by Crippen LogP contribution is 2.31. The summed E-state index contributed by atoms with van der Waals surface area (Å²) in [5.41, 5.74) is 8.13. The SMILES string of the molecule is CC(C)CN(CC(C)C)c1ccc(N)c2cnccc12. The Morgan fingerprint density at radius 3 is 2.25 bits per heavy atom. The van der Waals surface area contributed by atoms with E-state index in [0.717, 1.165) is 24.2 Å². The van der Waals surface area contributed by atoms with Gasteiger partial charge in [0.2, 0.25) is 0 Å². The average molecular weight is 271 g/mol. The minimum atomic E-state index is 0.628. The third kappa shape index (κ3) is 3.21. The molecule has 0 unspecified atom stereocenters. The second-order valence-corrected chi connectivity index (χ2v) is 6.29. The Labute approximate surface area is 121 Å². The number of hydrogen-bond donors (Lipinski definition) is 1. The molecule has 0 saturated heterocycles. The van der Waals surface area contributed by atoms with Crippen molar-refractivity contribution < 1.29 is 0 Å². The molecule has 2 rings (SSSR count). The first kappa shape index (κ1) is 14.6. The third-order valence-electron chi connectivity index (χ3n) is 3.34. The van der Waals surface area contributed by atoms with Crippen LogP contribution in [0.1, 0.15) is 27.7 Å². The van der Waals surface area contributed by atoms with Crippen molar-refractivity contribution in [3.05, 3.63) is 30.6 Å². The van der Waals surface area contributed by atoms with Gasteiger partial charge in [-0.3, -0.25) is 4.98 Å². The maximum Gasteiger partial charge on any atom is 0.0448 e. The van der Waals surface area contributed by atoms with Crippen LogP contribution >= 0.6 is 0 Å². The van der Waals surface area contributed by atoms with E-state index in [-0.39, 0.29) is 0 Å². The first-order valence-electron chi connectivity index (χ1n) is 7.36. The fourth-order valence-electron chi connectivity index (χ4n) is 2.62. The van der Waals surface area contributed by atoms with Gasteiger partial charge in [0, 0.05) is 47.6 Å². The zero-order valence-corrected chi connectivity index (χ0v) is 12.9. The Morgan fingerprint density at radius 2 is 1.65 bits per heavy atom. The first-order chi connectivity index (χ1) is 9.49. The molecule has 20 heavy (non-hydrogen) atoms. The Bertz CT molecular complexity index is 565. The number of nitrogen functional groups attached to an aromatic ring is 1. The van der Waals surface area contributed by atoms with Crippen molar-refractivity contribution in [3.63, 3.8) is 0 Å². The fraction of sp³-hybridized carbons (Fsp3) is 0.471. The molecule has 0 aliphatic carbocycles. The summed E-state index contributed by atoms with van der Waals surface area (Å²) < 4.78 is 0. The number of nitrogens with zero attached hydrogens (tertiary/aromatic N) is 2. The van der Waals surface area contributed by atoms with Gasteiger partial charge in [-0.2, -0.15) is 0 Å². The molecule has 108 valence electrons. The molecule has 1 heterocycles. The standard InChI is InChI=1S/C17H25N3/c1-12(2)10-20(11-13(3)4)17-6-5-16(18)15-9-19-8-7-14(15)17/h5-9,12-13H,10-11,18H2,1-4H3. The van der Waals surface area contributed by atoms with Gasteiger partial charge in [0.15, 0.2) is 0 Å². The lowest BCUT2D eigenvalue weighted by Crippen LogP contribution is -2.31. The fourth-order valence-corrected chi connectivity index (χ4v) is 2.62. The van der Waals surface area contributed by atoms with Crippen molar-refractivity contribution in [3.8, 4) is 0 Å². The average Bonchev–Trinajstić information content (AvgIpc) is 2.37. The van der Waals surface area contributed by atoms with Gasteiger partial charge >= 0.3 is 0 Å². The second kappa shape index (κ2) is 6.12. The topological polar surface area (TPSA) is 42.1 Å². The van der Waals surface area contributed by atoms with Gasteiger partial charge < -0.3 is 10.6 Å². The molecule has 2 N–H and O–H groups in total. The van der Waals surface area contributed by atoms with Crippen LogP contribution in [-0.2, 0) is 0 Å². The largest absolute Gasteiger partial charge is 0.398 e. The van der Waals surface area contributed by atoms with Gasteiger partial charge in [0.05, 0.1) is 0 Å². The van der Waals surface area contributed by atoms with Crippen LogP contribution in [0.25, 0.3) is 10.8 Å². The van der Waals surface area contributed by atoms with Crippen molar-refractivity contribution in [1.82, 2.24) is 4.98 Å². The number of benzene rings is 1. The lowest BCUT2D eigenvalue weighted by molar-refractivity contribution is 0.554. The monoisotopic (exact) mass is 271 g/mol. The summed E-state index contributed by atoms with van der Waals surface area (Å²) in [4.78, 5) is 6.67. The smallest absolute Gasteiger partial charge is 0.0448 e. The molecule has 0 aliphatic heterocycles. The summed E-state index contributed by atoms with van der Waals surface area (Å²) in [5.74, 6) is 1.26. The lowest BCUT2D eigenvalue weighted by Gasteiger charge is -2.29. The molecule has 1 aromatic heterocycles. The first-order valence-corrected chi connectivity index (χ1v) is 7.36. The molecule has 0 spiro atoms. The van der Waals surface area contributed by atoms with Crippen LogP contribution in [-0.4, -0.2) is 18.1 Å². The van der Waals surface area contributed by atoms with Crippen LogP contribution in [0.5, 0.6) is 0 Å². The highest BCUT2D eigenvalue weighted by atomic mass is 15.1. The minimum absolute atomic E-state index is 0.628. The van der Waals surface area contributed by atoms with Crippen LogP contribution in [0, 0.1) is 11.8 Å². The molecule has 0 fully saturated rings. The minimum Gasteiger partial charge on any atom is -0.398 e. The number of fused-ring (bicyclic) bond motifs is 1. The molecule has 3 heteroatoms. The van der Waals surface area contributed by atoms with E-state index in [1.165, 1.54) is 11.1 Å². The number of aromatic nitrogens is 1. The van der Waals surface area contributed by atoms with Crippen LogP contribution < -0.4 is 10.6 Å². The van der Waals surface area contributed by atoms with Crippen LogP contribution in [0.3, 0.4) is 0 Å². The maximum atomic E-state index is 6.07. The van der Waals surface area contributed by atoms with Gasteiger partial charge in [-0.1, -0.05) is 27.7 Å². The lowest BCUT2D eigenvalue weighted by atomic mass is 10.1. The van der Waals surface area contributed by atoms with E-state index in [4.69, 9.17) is 5.73 Å². The van der Waals surface area contributed by atoms with Gasteiger partial charge in [0.25, 0.3) is 0 Å². The predicted octanol–water partition coefficient (Wildman–Crippen LogP) is 3.94. The van der Waals surface area contributed by atoms with Crippen molar-refractivity contribution >= 4 is 22.1 Å². The highest BCUT2D eigenvalue weighted by molar-refractivity contribution is 6.00. The number of rotatable bonds is 5. The van der Waals surface area contributed by atoms with Crippen molar-refractivity contribution in [2.75, 3.05) is 23.7 Å². The van der Waals surface area contributed by atoms with Crippen LogP contribution in [0.15, 0.2) is 30.6 Å². The summed E-state index contributed by atoms with van der Waals surface area (Å²) in [6, 6.07) is 6.20. The number of anilines is 2. The predicted molar refractivity (Wildman–Crippen MR) is 88.0 cm³/mol. The summed E-state index contributed by atoms with van der Waals surface area (Å²) in [6.45, 7) is 11.1. The summed E-state index contributed by atoms with van der Waals surface area (Å²) in [5, 5.41) is 2.24. The van der Waals surface area contributed by atoms with Gasteiger partial charge in [-0.25, -0.2) is 0 Å². The van der Waals surface area contributed by atoms with E-state index in [1.807, 2.05) is 18.5 Å². The zero-order chi connectivity index (χ0) is 14.7. The number of nitrogens with two attached hydrogens (primary N) is 1. The quantitative estimate of drug-likeness (QED) is 0.838. The Balaban J connectivity index is 2.50. The van der Waals surface area contributed by atoms with E-state index in [0.29, 0.717) is 11.8 Å². The van der Waals surface area contributed by atoms with Gasteiger partial charge in [0.1, 0.15) is 0 Å². The van der Waals surface area contributed by atoms with Crippen molar-refractivity contribution in [1.29, 1.82) is 0 Å². The molecular weight excluding hydrogens is 246 g/mol. The van der Waals surface area contributed by atoms with Crippen LogP contribution in [0.2, 0.25) is 0 Å². The molecule has 0 radical (unpaired) electrons. The zero-order valence-electron chi connectivity index (χ0n) is 12.9. The molecular formula is C17H25N3. The molecule has 1 aromatic carbocycles. The van der Waals surface area contributed by atoms with E-state index >= 15 is 0 Å². The van der Waals surface area contributed by atoms with E-state index < -0.39 is 0 Å². The molecule has 0 bridgehead atoms. The molecule has 3 nitrogen and oxygen atoms in total. The Morgan fingerprint density at radius 1 is 1.00 bits per heavy atom. The third-order valence-corrected chi connectivity index (χ3v) is 3.34. The van der Waals surface area contributed by atoms with E-state index in [2.05, 4.69) is 49.7 Å². The number of hydrogen-bond acceptors (Lipinski definition) is 3. The maximum absolute atomic E-state index is 6.07.